The van der Waals surface area contributed by atoms with Gasteiger partial charge in [0.05, 0.1) is 25.8 Å². The van der Waals surface area contributed by atoms with Crippen molar-refractivity contribution >= 4 is 17.4 Å². The molecule has 174 valence electrons. The number of hydrogen-bond acceptors (Lipinski definition) is 5. The van der Waals surface area contributed by atoms with Crippen LogP contribution in [0.2, 0.25) is 0 Å². The minimum atomic E-state index is -0.728. The standard InChI is InChI=1S/C28H27NO5/c1-17-14-23(34-4)18(2)13-22(17)26(30)24-25(20-10-6-5-7-11-20)29(28(32)27(24)31)16-19-9-8-12-21(15-19)33-3/h5-15,25,30H,16H2,1-4H3/b26-24+. The van der Waals surface area contributed by atoms with Crippen LogP contribution in [0.25, 0.3) is 5.76 Å². The van der Waals surface area contributed by atoms with Crippen molar-refractivity contribution in [2.45, 2.75) is 26.4 Å². The number of methoxy groups -OCH3 is 2. The highest BCUT2D eigenvalue weighted by molar-refractivity contribution is 6.46. The van der Waals surface area contributed by atoms with Crippen molar-refractivity contribution in [3.05, 3.63) is 100 Å². The summed E-state index contributed by atoms with van der Waals surface area (Å²) in [6.07, 6.45) is 0. The van der Waals surface area contributed by atoms with Gasteiger partial charge in [-0.05, 0) is 60.4 Å². The monoisotopic (exact) mass is 457 g/mol. The summed E-state index contributed by atoms with van der Waals surface area (Å²) in [5.74, 6) is -0.200. The molecule has 0 radical (unpaired) electrons. The van der Waals surface area contributed by atoms with Gasteiger partial charge in [-0.2, -0.15) is 0 Å². The molecule has 1 amide bonds. The van der Waals surface area contributed by atoms with E-state index >= 15 is 0 Å². The third-order valence-electron chi connectivity index (χ3n) is 6.14. The van der Waals surface area contributed by atoms with Gasteiger partial charge in [0, 0.05) is 12.1 Å². The van der Waals surface area contributed by atoms with E-state index in [2.05, 4.69) is 0 Å². The fourth-order valence-electron chi connectivity index (χ4n) is 4.40. The van der Waals surface area contributed by atoms with E-state index in [9.17, 15) is 14.7 Å². The van der Waals surface area contributed by atoms with E-state index in [1.54, 1.807) is 20.3 Å². The molecule has 1 unspecified atom stereocenters. The fraction of sp³-hybridized carbons (Fsp3) is 0.214. The fourth-order valence-corrected chi connectivity index (χ4v) is 4.40. The van der Waals surface area contributed by atoms with E-state index in [-0.39, 0.29) is 17.9 Å². The van der Waals surface area contributed by atoms with E-state index < -0.39 is 17.7 Å². The molecule has 34 heavy (non-hydrogen) atoms. The average Bonchev–Trinajstić information content (AvgIpc) is 3.10. The highest BCUT2D eigenvalue weighted by Crippen LogP contribution is 2.41. The maximum atomic E-state index is 13.3. The second-order valence-electron chi connectivity index (χ2n) is 8.33. The van der Waals surface area contributed by atoms with Crippen LogP contribution in [0.4, 0.5) is 0 Å². The Labute approximate surface area is 199 Å². The molecule has 0 aliphatic carbocycles. The maximum absolute atomic E-state index is 13.3. The number of benzene rings is 3. The Morgan fingerprint density at radius 1 is 0.912 bits per heavy atom. The highest BCUT2D eigenvalue weighted by Gasteiger charge is 2.46. The molecule has 0 spiro atoms. The number of carbonyl (C=O) groups is 2. The number of aliphatic hydroxyl groups is 1. The lowest BCUT2D eigenvalue weighted by Gasteiger charge is -2.25. The number of likely N-dealkylation sites (tertiary alicyclic amines) is 1. The molecule has 6 heteroatoms. The summed E-state index contributed by atoms with van der Waals surface area (Å²) >= 11 is 0. The quantitative estimate of drug-likeness (QED) is 0.322. The van der Waals surface area contributed by atoms with Crippen molar-refractivity contribution in [2.24, 2.45) is 0 Å². The molecule has 1 atom stereocenters. The van der Waals surface area contributed by atoms with Crippen LogP contribution < -0.4 is 9.47 Å². The molecule has 0 aromatic heterocycles. The van der Waals surface area contributed by atoms with Crippen molar-refractivity contribution in [1.82, 2.24) is 4.90 Å². The van der Waals surface area contributed by atoms with Gasteiger partial charge in [-0.3, -0.25) is 9.59 Å². The van der Waals surface area contributed by atoms with Crippen LogP contribution in [-0.4, -0.2) is 35.9 Å². The Bertz CT molecular complexity index is 1280. The highest BCUT2D eigenvalue weighted by atomic mass is 16.5. The number of ether oxygens (including phenoxy) is 2. The third-order valence-corrected chi connectivity index (χ3v) is 6.14. The minimum Gasteiger partial charge on any atom is -0.507 e. The van der Waals surface area contributed by atoms with Gasteiger partial charge in [0.15, 0.2) is 0 Å². The van der Waals surface area contributed by atoms with Gasteiger partial charge in [-0.1, -0.05) is 42.5 Å². The Morgan fingerprint density at radius 3 is 2.32 bits per heavy atom. The number of rotatable bonds is 6. The normalized spacial score (nSPS) is 17.2. The largest absolute Gasteiger partial charge is 0.507 e. The van der Waals surface area contributed by atoms with E-state index in [0.717, 1.165) is 22.3 Å². The van der Waals surface area contributed by atoms with Crippen LogP contribution in [-0.2, 0) is 16.1 Å². The molecule has 1 aliphatic heterocycles. The molecule has 1 fully saturated rings. The number of aliphatic hydroxyl groups excluding tert-OH is 1. The topological polar surface area (TPSA) is 76.1 Å². The summed E-state index contributed by atoms with van der Waals surface area (Å²) < 4.78 is 10.7. The molecular weight excluding hydrogens is 430 g/mol. The van der Waals surface area contributed by atoms with Gasteiger partial charge >= 0.3 is 0 Å². The predicted octanol–water partition coefficient (Wildman–Crippen LogP) is 4.94. The van der Waals surface area contributed by atoms with Crippen LogP contribution >= 0.6 is 0 Å². The second-order valence-corrected chi connectivity index (χ2v) is 8.33. The zero-order valence-corrected chi connectivity index (χ0v) is 19.7. The maximum Gasteiger partial charge on any atom is 0.295 e. The third kappa shape index (κ3) is 4.15. The zero-order valence-electron chi connectivity index (χ0n) is 19.7. The molecule has 6 nitrogen and oxygen atoms in total. The first kappa shape index (κ1) is 23.1. The zero-order chi connectivity index (χ0) is 24.4. The minimum absolute atomic E-state index is 0.0757. The predicted molar refractivity (Wildman–Crippen MR) is 130 cm³/mol. The van der Waals surface area contributed by atoms with Crippen molar-refractivity contribution in [1.29, 1.82) is 0 Å². The summed E-state index contributed by atoms with van der Waals surface area (Å²) in [6, 6.07) is 19.5. The SMILES string of the molecule is COc1cccc(CN2C(=O)C(=O)/C(=C(/O)c3cc(C)c(OC)cc3C)C2c2ccccc2)c1. The lowest BCUT2D eigenvalue weighted by Crippen LogP contribution is -2.29. The summed E-state index contributed by atoms with van der Waals surface area (Å²) in [5.41, 5.74) is 3.69. The van der Waals surface area contributed by atoms with Crippen molar-refractivity contribution < 1.29 is 24.2 Å². The average molecular weight is 458 g/mol. The van der Waals surface area contributed by atoms with Gasteiger partial charge in [-0.25, -0.2) is 0 Å². The van der Waals surface area contributed by atoms with Crippen LogP contribution in [0.1, 0.15) is 33.9 Å². The number of hydrogen-bond donors (Lipinski definition) is 1. The van der Waals surface area contributed by atoms with Crippen LogP contribution in [0.15, 0.2) is 72.3 Å². The molecule has 0 bridgehead atoms. The first-order valence-corrected chi connectivity index (χ1v) is 11.0. The molecule has 4 rings (SSSR count). The van der Waals surface area contributed by atoms with Crippen LogP contribution in [0, 0.1) is 13.8 Å². The van der Waals surface area contributed by atoms with Crippen LogP contribution in [0.3, 0.4) is 0 Å². The summed E-state index contributed by atoms with van der Waals surface area (Å²) in [7, 11) is 3.16. The van der Waals surface area contributed by atoms with Gasteiger partial charge < -0.3 is 19.5 Å². The lowest BCUT2D eigenvalue weighted by molar-refractivity contribution is -0.140. The molecule has 1 aliphatic rings. The Hall–Kier alpha value is -4.06. The molecule has 1 heterocycles. The van der Waals surface area contributed by atoms with E-state index in [1.807, 2.05) is 74.5 Å². The summed E-state index contributed by atoms with van der Waals surface area (Å²) in [5, 5.41) is 11.4. The van der Waals surface area contributed by atoms with Gasteiger partial charge in [0.2, 0.25) is 0 Å². The van der Waals surface area contributed by atoms with Crippen molar-refractivity contribution in [2.75, 3.05) is 14.2 Å². The Morgan fingerprint density at radius 2 is 1.65 bits per heavy atom. The Balaban J connectivity index is 1.87. The molecule has 3 aromatic carbocycles. The van der Waals surface area contributed by atoms with E-state index in [0.29, 0.717) is 17.1 Å². The van der Waals surface area contributed by atoms with E-state index in [1.165, 1.54) is 4.90 Å². The molecule has 1 N–H and O–H groups in total. The van der Waals surface area contributed by atoms with Gasteiger partial charge in [0.25, 0.3) is 11.7 Å². The first-order chi connectivity index (χ1) is 16.3. The van der Waals surface area contributed by atoms with Gasteiger partial charge in [-0.15, -0.1) is 0 Å². The van der Waals surface area contributed by atoms with E-state index in [4.69, 9.17) is 9.47 Å². The molecule has 3 aromatic rings. The Kier molecular flexibility index (Phi) is 6.41. The number of carbonyl (C=O) groups excluding carboxylic acids is 2. The molecule has 0 saturated carbocycles. The summed E-state index contributed by atoms with van der Waals surface area (Å²) in [4.78, 5) is 28.0. The number of nitrogens with zero attached hydrogens (tertiary/aromatic N) is 1. The number of Topliss-reactive ketones (excluding diaryl/α,β-unsaturated/α-hetero) is 1. The van der Waals surface area contributed by atoms with Crippen molar-refractivity contribution in [3.63, 3.8) is 0 Å². The first-order valence-electron chi connectivity index (χ1n) is 11.0. The molecular formula is C28H27NO5. The number of aryl methyl sites for hydroxylation is 2. The smallest absolute Gasteiger partial charge is 0.295 e. The lowest BCUT2D eigenvalue weighted by atomic mass is 9.93. The second kappa shape index (κ2) is 9.43. The van der Waals surface area contributed by atoms with Crippen molar-refractivity contribution in [3.8, 4) is 11.5 Å². The molecule has 1 saturated heterocycles. The van der Waals surface area contributed by atoms with Gasteiger partial charge in [0.1, 0.15) is 17.3 Å². The number of amides is 1. The summed E-state index contributed by atoms with van der Waals surface area (Å²) in [6.45, 7) is 3.89. The number of ketones is 1. The van der Waals surface area contributed by atoms with Crippen LogP contribution in [0.5, 0.6) is 11.5 Å².